The molecular formula is C50H36. The Bertz CT molecular complexity index is 2840. The van der Waals surface area contributed by atoms with Gasteiger partial charge in [-0.3, -0.25) is 0 Å². The minimum atomic E-state index is -0.0131. The number of benzene rings is 9. The second-order valence-corrected chi connectivity index (χ2v) is 14.6. The summed E-state index contributed by atoms with van der Waals surface area (Å²) in [5.74, 6) is 0. The van der Waals surface area contributed by atoms with Gasteiger partial charge in [-0.05, 0) is 124 Å². The van der Waals surface area contributed by atoms with Crippen molar-refractivity contribution in [3.05, 3.63) is 180 Å². The van der Waals surface area contributed by atoms with Crippen LogP contribution in [0.15, 0.2) is 164 Å². The summed E-state index contributed by atoms with van der Waals surface area (Å²) in [6.45, 7) is 6.92. The minimum absolute atomic E-state index is 0.0131. The van der Waals surface area contributed by atoms with Gasteiger partial charge in [-0.15, -0.1) is 0 Å². The average Bonchev–Trinajstić information content (AvgIpc) is 3.38. The molecule has 0 spiro atoms. The van der Waals surface area contributed by atoms with Gasteiger partial charge in [0.1, 0.15) is 0 Å². The van der Waals surface area contributed by atoms with Crippen LogP contribution in [0.5, 0.6) is 0 Å². The van der Waals surface area contributed by atoms with E-state index in [0.717, 1.165) is 0 Å². The summed E-state index contributed by atoms with van der Waals surface area (Å²) >= 11 is 0. The first-order chi connectivity index (χ1) is 24.5. The zero-order valence-electron chi connectivity index (χ0n) is 28.6. The zero-order valence-corrected chi connectivity index (χ0v) is 28.6. The van der Waals surface area contributed by atoms with Crippen molar-refractivity contribution in [3.63, 3.8) is 0 Å². The molecule has 0 N–H and O–H groups in total. The second-order valence-electron chi connectivity index (χ2n) is 14.6. The Morgan fingerprint density at radius 3 is 1.72 bits per heavy atom. The number of rotatable bonds is 3. The molecule has 0 saturated heterocycles. The molecule has 1 aliphatic rings. The predicted molar refractivity (Wildman–Crippen MR) is 215 cm³/mol. The van der Waals surface area contributed by atoms with Crippen LogP contribution in [0, 0.1) is 6.92 Å². The minimum Gasteiger partial charge on any atom is -0.0619 e. The molecule has 0 aromatic heterocycles. The van der Waals surface area contributed by atoms with Crippen LogP contribution < -0.4 is 0 Å². The van der Waals surface area contributed by atoms with E-state index < -0.39 is 0 Å². The zero-order chi connectivity index (χ0) is 33.6. The highest BCUT2D eigenvalue weighted by molar-refractivity contribution is 6.22. The Labute approximate surface area is 293 Å². The van der Waals surface area contributed by atoms with E-state index in [2.05, 4.69) is 185 Å². The van der Waals surface area contributed by atoms with E-state index in [4.69, 9.17) is 0 Å². The van der Waals surface area contributed by atoms with E-state index in [0.29, 0.717) is 0 Å². The fourth-order valence-electron chi connectivity index (χ4n) is 8.84. The van der Waals surface area contributed by atoms with Gasteiger partial charge >= 0.3 is 0 Å². The summed E-state index contributed by atoms with van der Waals surface area (Å²) in [5, 5.41) is 10.2. The van der Waals surface area contributed by atoms with E-state index in [-0.39, 0.29) is 5.41 Å². The maximum atomic E-state index is 2.45. The van der Waals surface area contributed by atoms with Gasteiger partial charge in [0.05, 0.1) is 0 Å². The molecule has 1 aliphatic carbocycles. The van der Waals surface area contributed by atoms with Crippen LogP contribution in [-0.2, 0) is 5.41 Å². The van der Waals surface area contributed by atoms with Crippen molar-refractivity contribution in [3.8, 4) is 44.5 Å². The third-order valence-corrected chi connectivity index (χ3v) is 11.3. The van der Waals surface area contributed by atoms with Crippen molar-refractivity contribution < 1.29 is 0 Å². The van der Waals surface area contributed by atoms with Crippen LogP contribution in [0.4, 0.5) is 0 Å². The lowest BCUT2D eigenvalue weighted by Gasteiger charge is -2.22. The summed E-state index contributed by atoms with van der Waals surface area (Å²) in [7, 11) is 0. The van der Waals surface area contributed by atoms with Crippen molar-refractivity contribution in [2.24, 2.45) is 0 Å². The monoisotopic (exact) mass is 636 g/mol. The highest BCUT2D eigenvalue weighted by Gasteiger charge is 2.35. The first-order valence-corrected chi connectivity index (χ1v) is 17.7. The van der Waals surface area contributed by atoms with Crippen molar-refractivity contribution in [1.29, 1.82) is 0 Å². The van der Waals surface area contributed by atoms with E-state index in [1.807, 2.05) is 0 Å². The van der Waals surface area contributed by atoms with Crippen LogP contribution >= 0.6 is 0 Å². The molecule has 0 nitrogen and oxygen atoms in total. The number of hydrogen-bond acceptors (Lipinski definition) is 0. The summed E-state index contributed by atoms with van der Waals surface area (Å²) < 4.78 is 0. The Morgan fingerprint density at radius 1 is 0.340 bits per heavy atom. The Morgan fingerprint density at radius 2 is 0.900 bits per heavy atom. The van der Waals surface area contributed by atoms with Gasteiger partial charge < -0.3 is 0 Å². The molecule has 9 aromatic rings. The molecule has 0 aliphatic heterocycles. The second kappa shape index (κ2) is 10.8. The SMILES string of the molecule is Cc1ccc2c(-c3ccc4cc(-c5cccc6ccccc56)ccc4c3)c3ccccc3c(-c3ccc4c(c3)-c3ccccc3C4(C)C)c2c1. The van der Waals surface area contributed by atoms with E-state index in [1.165, 1.54) is 104 Å². The molecule has 9 aromatic carbocycles. The molecule has 50 heavy (non-hydrogen) atoms. The van der Waals surface area contributed by atoms with Crippen LogP contribution in [0.2, 0.25) is 0 Å². The molecule has 0 bridgehead atoms. The van der Waals surface area contributed by atoms with E-state index >= 15 is 0 Å². The van der Waals surface area contributed by atoms with Gasteiger partial charge in [-0.2, -0.15) is 0 Å². The molecule has 0 atom stereocenters. The van der Waals surface area contributed by atoms with Gasteiger partial charge in [0, 0.05) is 5.41 Å². The van der Waals surface area contributed by atoms with Crippen LogP contribution in [0.25, 0.3) is 87.6 Å². The molecule has 0 saturated carbocycles. The Kier molecular flexibility index (Phi) is 6.24. The predicted octanol–water partition coefficient (Wildman–Crippen LogP) is 13.9. The van der Waals surface area contributed by atoms with Crippen LogP contribution in [0.3, 0.4) is 0 Å². The maximum Gasteiger partial charge on any atom is 0.0158 e. The maximum absolute atomic E-state index is 2.45. The lowest BCUT2D eigenvalue weighted by molar-refractivity contribution is 0.660. The smallest absolute Gasteiger partial charge is 0.0158 e. The molecule has 0 heterocycles. The molecule has 0 amide bonds. The first kappa shape index (κ1) is 29.0. The van der Waals surface area contributed by atoms with E-state index in [1.54, 1.807) is 0 Å². The largest absolute Gasteiger partial charge is 0.0619 e. The van der Waals surface area contributed by atoms with Crippen molar-refractivity contribution >= 4 is 43.1 Å². The normalized spacial score (nSPS) is 13.3. The summed E-state index contributed by atoms with van der Waals surface area (Å²) in [5.41, 5.74) is 14.4. The lowest BCUT2D eigenvalue weighted by Crippen LogP contribution is -2.14. The van der Waals surface area contributed by atoms with Crippen LogP contribution in [-0.4, -0.2) is 0 Å². The number of aryl methyl sites for hydroxylation is 1. The summed E-state index contributed by atoms with van der Waals surface area (Å²) in [6, 6.07) is 61.3. The lowest BCUT2D eigenvalue weighted by atomic mass is 9.81. The van der Waals surface area contributed by atoms with Gasteiger partial charge in [0.15, 0.2) is 0 Å². The Hall–Kier alpha value is -5.98. The molecule has 10 rings (SSSR count). The van der Waals surface area contributed by atoms with Crippen molar-refractivity contribution in [2.45, 2.75) is 26.2 Å². The van der Waals surface area contributed by atoms with Crippen molar-refractivity contribution in [1.82, 2.24) is 0 Å². The summed E-state index contributed by atoms with van der Waals surface area (Å²) in [6.07, 6.45) is 0. The average molecular weight is 637 g/mol. The standard InChI is InChI=1S/C50H36/c1-31-19-25-43-45(27-31)49(37-24-26-47-44(30-37)40-14-8-9-18-46(40)50(47,2)3)42-16-7-6-15-41(42)48(43)36-23-21-33-28-35(22-20-34(33)29-36)39-17-10-12-32-11-4-5-13-38(32)39/h4-30H,1-3H3. The van der Waals surface area contributed by atoms with Gasteiger partial charge in [-0.25, -0.2) is 0 Å². The van der Waals surface area contributed by atoms with Crippen molar-refractivity contribution in [2.75, 3.05) is 0 Å². The first-order valence-electron chi connectivity index (χ1n) is 17.7. The summed E-state index contributed by atoms with van der Waals surface area (Å²) in [4.78, 5) is 0. The Balaban J connectivity index is 1.18. The number of hydrogen-bond donors (Lipinski definition) is 0. The number of fused-ring (bicyclic) bond motifs is 7. The highest BCUT2D eigenvalue weighted by Crippen LogP contribution is 2.51. The molecule has 0 radical (unpaired) electrons. The molecule has 0 unspecified atom stereocenters. The van der Waals surface area contributed by atoms with Gasteiger partial charge in [-0.1, -0.05) is 165 Å². The molecule has 0 heteroatoms. The third kappa shape index (κ3) is 4.25. The molecule has 0 fully saturated rings. The van der Waals surface area contributed by atoms with E-state index in [9.17, 15) is 0 Å². The van der Waals surface area contributed by atoms with Crippen LogP contribution in [0.1, 0.15) is 30.5 Å². The van der Waals surface area contributed by atoms with Gasteiger partial charge in [0.2, 0.25) is 0 Å². The fourth-order valence-corrected chi connectivity index (χ4v) is 8.84. The van der Waals surface area contributed by atoms with Gasteiger partial charge in [0.25, 0.3) is 0 Å². The fraction of sp³-hybridized carbons (Fsp3) is 0.0800. The molecule has 236 valence electrons. The quantitative estimate of drug-likeness (QED) is 0.169. The third-order valence-electron chi connectivity index (χ3n) is 11.3. The molecular weight excluding hydrogens is 601 g/mol. The highest BCUT2D eigenvalue weighted by atomic mass is 14.4. The topological polar surface area (TPSA) is 0 Å².